The zero-order chi connectivity index (χ0) is 8.97. The Morgan fingerprint density at radius 1 is 1.75 bits per heavy atom. The van der Waals surface area contributed by atoms with Crippen molar-refractivity contribution in [2.24, 2.45) is 0 Å². The van der Waals surface area contributed by atoms with Crippen LogP contribution in [-0.2, 0) is 0 Å². The first kappa shape index (κ1) is 9.49. The SMILES string of the molecule is C=CCNC(C)c1sccc1C. The zero-order valence-electron chi connectivity index (χ0n) is 7.63. The van der Waals surface area contributed by atoms with E-state index in [-0.39, 0.29) is 0 Å². The summed E-state index contributed by atoms with van der Waals surface area (Å²) in [6, 6.07) is 2.61. The molecule has 0 amide bonds. The van der Waals surface area contributed by atoms with Crippen molar-refractivity contribution in [1.82, 2.24) is 5.32 Å². The van der Waals surface area contributed by atoms with Gasteiger partial charge in [-0.05, 0) is 30.9 Å². The molecular weight excluding hydrogens is 166 g/mol. The normalized spacial score (nSPS) is 12.8. The second-order valence-corrected chi connectivity index (χ2v) is 3.83. The van der Waals surface area contributed by atoms with Crippen molar-refractivity contribution in [3.05, 3.63) is 34.5 Å². The maximum Gasteiger partial charge on any atom is 0.0391 e. The predicted octanol–water partition coefficient (Wildman–Crippen LogP) is 2.89. The lowest BCUT2D eigenvalue weighted by molar-refractivity contribution is 0.625. The largest absolute Gasteiger partial charge is 0.306 e. The van der Waals surface area contributed by atoms with Gasteiger partial charge in [-0.1, -0.05) is 6.08 Å². The molecule has 1 heterocycles. The molecule has 0 bridgehead atoms. The van der Waals surface area contributed by atoms with Gasteiger partial charge in [-0.15, -0.1) is 17.9 Å². The van der Waals surface area contributed by atoms with Crippen LogP contribution in [0.15, 0.2) is 24.1 Å². The van der Waals surface area contributed by atoms with Crippen molar-refractivity contribution in [3.63, 3.8) is 0 Å². The van der Waals surface area contributed by atoms with Crippen molar-refractivity contribution in [3.8, 4) is 0 Å². The van der Waals surface area contributed by atoms with Gasteiger partial charge in [-0.3, -0.25) is 0 Å². The van der Waals surface area contributed by atoms with Gasteiger partial charge in [-0.25, -0.2) is 0 Å². The number of thiophene rings is 1. The lowest BCUT2D eigenvalue weighted by Gasteiger charge is -2.11. The van der Waals surface area contributed by atoms with Gasteiger partial charge in [0, 0.05) is 17.5 Å². The van der Waals surface area contributed by atoms with Crippen LogP contribution < -0.4 is 5.32 Å². The van der Waals surface area contributed by atoms with E-state index in [2.05, 4.69) is 37.2 Å². The fourth-order valence-electron chi connectivity index (χ4n) is 1.18. The number of hydrogen-bond acceptors (Lipinski definition) is 2. The molecular formula is C10H15NS. The summed E-state index contributed by atoms with van der Waals surface area (Å²) in [7, 11) is 0. The summed E-state index contributed by atoms with van der Waals surface area (Å²) in [5, 5.41) is 5.50. The smallest absolute Gasteiger partial charge is 0.0391 e. The van der Waals surface area contributed by atoms with Crippen molar-refractivity contribution in [1.29, 1.82) is 0 Å². The molecule has 1 nitrogen and oxygen atoms in total. The molecule has 66 valence electrons. The van der Waals surface area contributed by atoms with Crippen LogP contribution in [0.2, 0.25) is 0 Å². The van der Waals surface area contributed by atoms with Gasteiger partial charge < -0.3 is 5.32 Å². The Balaban J connectivity index is 2.58. The quantitative estimate of drug-likeness (QED) is 0.704. The van der Waals surface area contributed by atoms with E-state index in [1.165, 1.54) is 10.4 Å². The van der Waals surface area contributed by atoms with Gasteiger partial charge in [0.25, 0.3) is 0 Å². The average molecular weight is 181 g/mol. The zero-order valence-corrected chi connectivity index (χ0v) is 8.45. The van der Waals surface area contributed by atoms with Crippen molar-refractivity contribution in [2.45, 2.75) is 19.9 Å². The van der Waals surface area contributed by atoms with Crippen LogP contribution in [0.1, 0.15) is 23.4 Å². The number of aryl methyl sites for hydroxylation is 1. The predicted molar refractivity (Wildman–Crippen MR) is 55.7 cm³/mol. The van der Waals surface area contributed by atoms with Crippen LogP contribution in [0.3, 0.4) is 0 Å². The first-order chi connectivity index (χ1) is 5.75. The van der Waals surface area contributed by atoms with Crippen LogP contribution in [0.25, 0.3) is 0 Å². The lowest BCUT2D eigenvalue weighted by atomic mass is 10.2. The highest BCUT2D eigenvalue weighted by molar-refractivity contribution is 7.10. The van der Waals surface area contributed by atoms with Crippen molar-refractivity contribution < 1.29 is 0 Å². The van der Waals surface area contributed by atoms with Crippen molar-refractivity contribution in [2.75, 3.05) is 6.54 Å². The Bertz CT molecular complexity index is 252. The molecule has 0 saturated carbocycles. The van der Waals surface area contributed by atoms with Gasteiger partial charge in [0.05, 0.1) is 0 Å². The summed E-state index contributed by atoms with van der Waals surface area (Å²) in [5.41, 5.74) is 1.38. The third-order valence-corrected chi connectivity index (χ3v) is 3.06. The summed E-state index contributed by atoms with van der Waals surface area (Å²) >= 11 is 1.81. The molecule has 0 aliphatic carbocycles. The Kier molecular flexibility index (Phi) is 3.50. The van der Waals surface area contributed by atoms with E-state index in [0.29, 0.717) is 6.04 Å². The monoisotopic (exact) mass is 181 g/mol. The fraction of sp³-hybridized carbons (Fsp3) is 0.400. The topological polar surface area (TPSA) is 12.0 Å². The van der Waals surface area contributed by atoms with Crippen LogP contribution in [-0.4, -0.2) is 6.54 Å². The first-order valence-electron chi connectivity index (χ1n) is 4.14. The van der Waals surface area contributed by atoms with Gasteiger partial charge in [0.2, 0.25) is 0 Å². The minimum atomic E-state index is 0.447. The summed E-state index contributed by atoms with van der Waals surface area (Å²) in [4.78, 5) is 1.43. The molecule has 1 unspecified atom stereocenters. The molecule has 1 atom stereocenters. The fourth-order valence-corrected chi connectivity index (χ4v) is 2.14. The second-order valence-electron chi connectivity index (χ2n) is 2.89. The number of hydrogen-bond donors (Lipinski definition) is 1. The summed E-state index contributed by atoms with van der Waals surface area (Å²) in [6.07, 6.45) is 1.89. The highest BCUT2D eigenvalue weighted by Gasteiger charge is 2.07. The first-order valence-corrected chi connectivity index (χ1v) is 5.02. The molecule has 0 saturated heterocycles. The van der Waals surface area contributed by atoms with E-state index in [0.717, 1.165) is 6.54 Å². The molecule has 1 N–H and O–H groups in total. The molecule has 1 aromatic rings. The average Bonchev–Trinajstić information content (AvgIpc) is 2.47. The minimum absolute atomic E-state index is 0.447. The number of nitrogens with one attached hydrogen (secondary N) is 1. The highest BCUT2D eigenvalue weighted by Crippen LogP contribution is 2.22. The van der Waals surface area contributed by atoms with E-state index < -0.39 is 0 Å². The second kappa shape index (κ2) is 4.43. The standard InChI is InChI=1S/C10H15NS/c1-4-6-11-9(3)10-8(2)5-7-12-10/h4-5,7,9,11H,1,6H2,2-3H3. The molecule has 2 heteroatoms. The molecule has 12 heavy (non-hydrogen) atoms. The van der Waals surface area contributed by atoms with Crippen LogP contribution in [0, 0.1) is 6.92 Å². The van der Waals surface area contributed by atoms with Crippen molar-refractivity contribution >= 4 is 11.3 Å². The van der Waals surface area contributed by atoms with E-state index in [9.17, 15) is 0 Å². The van der Waals surface area contributed by atoms with E-state index >= 15 is 0 Å². The van der Waals surface area contributed by atoms with Crippen LogP contribution in [0.5, 0.6) is 0 Å². The summed E-state index contributed by atoms with van der Waals surface area (Å²) in [6.45, 7) is 8.88. The summed E-state index contributed by atoms with van der Waals surface area (Å²) in [5.74, 6) is 0. The molecule has 0 fully saturated rings. The maximum atomic E-state index is 3.68. The third kappa shape index (κ3) is 2.19. The molecule has 0 spiro atoms. The van der Waals surface area contributed by atoms with Gasteiger partial charge in [-0.2, -0.15) is 0 Å². The van der Waals surface area contributed by atoms with E-state index in [1.807, 2.05) is 17.4 Å². The third-order valence-electron chi connectivity index (χ3n) is 1.86. The van der Waals surface area contributed by atoms with Crippen LogP contribution in [0.4, 0.5) is 0 Å². The van der Waals surface area contributed by atoms with E-state index in [1.54, 1.807) is 0 Å². The molecule has 0 aliphatic heterocycles. The molecule has 1 rings (SSSR count). The highest BCUT2D eigenvalue weighted by atomic mass is 32.1. The summed E-state index contributed by atoms with van der Waals surface area (Å²) < 4.78 is 0. The number of rotatable bonds is 4. The van der Waals surface area contributed by atoms with Gasteiger partial charge in [0.1, 0.15) is 0 Å². The molecule has 0 aromatic carbocycles. The molecule has 0 radical (unpaired) electrons. The van der Waals surface area contributed by atoms with E-state index in [4.69, 9.17) is 0 Å². The molecule has 0 aliphatic rings. The van der Waals surface area contributed by atoms with Crippen LogP contribution >= 0.6 is 11.3 Å². The Morgan fingerprint density at radius 3 is 3.00 bits per heavy atom. The Morgan fingerprint density at radius 2 is 2.50 bits per heavy atom. The van der Waals surface area contributed by atoms with Gasteiger partial charge in [0.15, 0.2) is 0 Å². The van der Waals surface area contributed by atoms with Gasteiger partial charge >= 0.3 is 0 Å². The minimum Gasteiger partial charge on any atom is -0.306 e. The Labute approximate surface area is 78.1 Å². The maximum absolute atomic E-state index is 3.68. The molecule has 1 aromatic heterocycles. The lowest BCUT2D eigenvalue weighted by Crippen LogP contribution is -2.17. The Hall–Kier alpha value is -0.600.